The number of rotatable bonds is 4. The van der Waals surface area contributed by atoms with E-state index in [2.05, 4.69) is 17.2 Å². The van der Waals surface area contributed by atoms with Gasteiger partial charge in [-0.15, -0.1) is 0 Å². The molecule has 1 aromatic carbocycles. The third kappa shape index (κ3) is 4.87. The first-order chi connectivity index (χ1) is 9.39. The van der Waals surface area contributed by atoms with E-state index in [-0.39, 0.29) is 16.9 Å². The number of nitrogens with one attached hydrogen (secondary N) is 1. The van der Waals surface area contributed by atoms with E-state index in [0.29, 0.717) is 12.1 Å². The molecule has 1 amide bonds. The van der Waals surface area contributed by atoms with Crippen molar-refractivity contribution in [1.82, 2.24) is 5.32 Å². The summed E-state index contributed by atoms with van der Waals surface area (Å²) in [5.74, 6) is 4.07. The standard InChI is InChI=1S/C15H18FNO2S/c1-15(2,20-3)10-17-14(19)12-9-11(5-4-8-18)6-7-13(12)16/h6-7,9,18H,8,10H2,1-3H3,(H,17,19). The van der Waals surface area contributed by atoms with Gasteiger partial charge in [-0.25, -0.2) is 4.39 Å². The normalized spacial score (nSPS) is 10.7. The zero-order valence-corrected chi connectivity index (χ0v) is 12.6. The number of carbonyl (C=O) groups excluding carboxylic acids is 1. The minimum atomic E-state index is -0.584. The van der Waals surface area contributed by atoms with Crippen LogP contribution in [0.25, 0.3) is 0 Å². The Bertz CT molecular complexity index is 547. The lowest BCUT2D eigenvalue weighted by Crippen LogP contribution is -2.36. The Morgan fingerprint density at radius 2 is 2.20 bits per heavy atom. The van der Waals surface area contributed by atoms with Crippen LogP contribution in [0, 0.1) is 17.7 Å². The van der Waals surface area contributed by atoms with Gasteiger partial charge in [0.1, 0.15) is 12.4 Å². The van der Waals surface area contributed by atoms with Crippen LogP contribution < -0.4 is 5.32 Å². The van der Waals surface area contributed by atoms with Gasteiger partial charge >= 0.3 is 0 Å². The first kappa shape index (κ1) is 16.5. The quantitative estimate of drug-likeness (QED) is 0.836. The number of halogens is 1. The van der Waals surface area contributed by atoms with Crippen LogP contribution in [0.2, 0.25) is 0 Å². The summed E-state index contributed by atoms with van der Waals surface area (Å²) in [7, 11) is 0. The highest BCUT2D eigenvalue weighted by Crippen LogP contribution is 2.20. The predicted molar refractivity (Wildman–Crippen MR) is 80.3 cm³/mol. The van der Waals surface area contributed by atoms with Gasteiger partial charge in [0.2, 0.25) is 0 Å². The van der Waals surface area contributed by atoms with Crippen LogP contribution in [0.15, 0.2) is 18.2 Å². The Labute approximate surface area is 123 Å². The number of hydrogen-bond acceptors (Lipinski definition) is 3. The summed E-state index contributed by atoms with van der Waals surface area (Å²) in [6, 6.07) is 4.07. The lowest BCUT2D eigenvalue weighted by molar-refractivity contribution is 0.0946. The minimum Gasteiger partial charge on any atom is -0.384 e. The van der Waals surface area contributed by atoms with Crippen molar-refractivity contribution >= 4 is 17.7 Å². The Morgan fingerprint density at radius 1 is 1.50 bits per heavy atom. The Balaban J connectivity index is 2.87. The number of thioether (sulfide) groups is 1. The summed E-state index contributed by atoms with van der Waals surface area (Å²) in [6.07, 6.45) is 1.96. The molecule has 0 atom stereocenters. The van der Waals surface area contributed by atoms with Gasteiger partial charge in [0.15, 0.2) is 0 Å². The third-order valence-corrected chi connectivity index (χ3v) is 4.00. The lowest BCUT2D eigenvalue weighted by Gasteiger charge is -2.22. The van der Waals surface area contributed by atoms with Gasteiger partial charge in [0, 0.05) is 16.9 Å². The fraction of sp³-hybridized carbons (Fsp3) is 0.400. The van der Waals surface area contributed by atoms with Crippen LogP contribution >= 0.6 is 11.8 Å². The maximum absolute atomic E-state index is 13.7. The van der Waals surface area contributed by atoms with Gasteiger partial charge in [-0.1, -0.05) is 11.8 Å². The maximum atomic E-state index is 13.7. The number of amides is 1. The smallest absolute Gasteiger partial charge is 0.254 e. The molecule has 0 bridgehead atoms. The second-order valence-electron chi connectivity index (χ2n) is 4.80. The van der Waals surface area contributed by atoms with E-state index in [1.54, 1.807) is 11.8 Å². The molecule has 0 fully saturated rings. The Kier molecular flexibility index (Phi) is 6.05. The molecule has 0 saturated heterocycles. The van der Waals surface area contributed by atoms with E-state index in [4.69, 9.17) is 5.11 Å². The molecule has 0 spiro atoms. The molecule has 0 unspecified atom stereocenters. The van der Waals surface area contributed by atoms with Crippen molar-refractivity contribution < 1.29 is 14.3 Å². The molecule has 1 aromatic rings. The molecule has 0 aliphatic heterocycles. The highest BCUT2D eigenvalue weighted by Gasteiger charge is 2.19. The molecule has 5 heteroatoms. The van der Waals surface area contributed by atoms with E-state index in [1.807, 2.05) is 20.1 Å². The van der Waals surface area contributed by atoms with Crippen LogP contribution in [0.4, 0.5) is 4.39 Å². The maximum Gasteiger partial charge on any atom is 0.254 e. The molecule has 0 aliphatic rings. The van der Waals surface area contributed by atoms with Crippen molar-refractivity contribution in [3.05, 3.63) is 35.1 Å². The van der Waals surface area contributed by atoms with E-state index in [9.17, 15) is 9.18 Å². The fourth-order valence-electron chi connectivity index (χ4n) is 1.38. The second kappa shape index (κ2) is 7.32. The zero-order chi connectivity index (χ0) is 15.2. The third-order valence-electron chi connectivity index (χ3n) is 2.75. The van der Waals surface area contributed by atoms with Crippen LogP contribution in [-0.2, 0) is 0 Å². The molecule has 0 aliphatic carbocycles. The fourth-order valence-corrected chi connectivity index (χ4v) is 1.60. The van der Waals surface area contributed by atoms with Gasteiger partial charge < -0.3 is 10.4 Å². The van der Waals surface area contributed by atoms with Crippen molar-refractivity contribution in [2.24, 2.45) is 0 Å². The number of hydrogen-bond donors (Lipinski definition) is 2. The number of carbonyl (C=O) groups is 1. The van der Waals surface area contributed by atoms with Crippen LogP contribution in [0.5, 0.6) is 0 Å². The highest BCUT2D eigenvalue weighted by molar-refractivity contribution is 7.99. The molecule has 0 radical (unpaired) electrons. The van der Waals surface area contributed by atoms with Crippen molar-refractivity contribution in [3.8, 4) is 11.8 Å². The number of aliphatic hydroxyl groups excluding tert-OH is 1. The minimum absolute atomic E-state index is 0.0355. The molecule has 20 heavy (non-hydrogen) atoms. The molecule has 0 aromatic heterocycles. The summed E-state index contributed by atoms with van der Waals surface area (Å²) in [4.78, 5) is 12.0. The first-order valence-electron chi connectivity index (χ1n) is 6.12. The van der Waals surface area contributed by atoms with Gasteiger partial charge in [-0.2, -0.15) is 11.8 Å². The van der Waals surface area contributed by atoms with Crippen molar-refractivity contribution in [2.45, 2.75) is 18.6 Å². The van der Waals surface area contributed by atoms with Crippen molar-refractivity contribution in [2.75, 3.05) is 19.4 Å². The topological polar surface area (TPSA) is 49.3 Å². The second-order valence-corrected chi connectivity index (χ2v) is 6.31. The van der Waals surface area contributed by atoms with E-state index >= 15 is 0 Å². The monoisotopic (exact) mass is 295 g/mol. The summed E-state index contributed by atoms with van der Waals surface area (Å²) in [6.45, 7) is 4.16. The highest BCUT2D eigenvalue weighted by atomic mass is 32.2. The average Bonchev–Trinajstić information content (AvgIpc) is 2.44. The molecule has 108 valence electrons. The molecular weight excluding hydrogens is 277 g/mol. The van der Waals surface area contributed by atoms with E-state index in [1.165, 1.54) is 18.2 Å². The van der Waals surface area contributed by atoms with E-state index in [0.717, 1.165) is 0 Å². The van der Waals surface area contributed by atoms with Crippen molar-refractivity contribution in [3.63, 3.8) is 0 Å². The largest absolute Gasteiger partial charge is 0.384 e. The van der Waals surface area contributed by atoms with Crippen molar-refractivity contribution in [1.29, 1.82) is 0 Å². The Hall–Kier alpha value is -1.51. The molecule has 1 rings (SSSR count). The van der Waals surface area contributed by atoms with Gasteiger partial charge in [0.25, 0.3) is 5.91 Å². The van der Waals surface area contributed by atoms with Crippen LogP contribution in [-0.4, -0.2) is 35.2 Å². The Morgan fingerprint density at radius 3 is 2.80 bits per heavy atom. The van der Waals surface area contributed by atoms with Crippen LogP contribution in [0.3, 0.4) is 0 Å². The number of aliphatic hydroxyl groups is 1. The number of benzene rings is 1. The summed E-state index contributed by atoms with van der Waals surface area (Å²) >= 11 is 1.62. The average molecular weight is 295 g/mol. The summed E-state index contributed by atoms with van der Waals surface area (Å²) in [5.41, 5.74) is 0.460. The lowest BCUT2D eigenvalue weighted by atomic mass is 10.1. The van der Waals surface area contributed by atoms with Crippen LogP contribution in [0.1, 0.15) is 29.8 Å². The molecular formula is C15H18FNO2S. The first-order valence-corrected chi connectivity index (χ1v) is 7.35. The molecule has 0 saturated carbocycles. The zero-order valence-electron chi connectivity index (χ0n) is 11.8. The van der Waals surface area contributed by atoms with Gasteiger partial charge in [-0.05, 0) is 38.3 Å². The van der Waals surface area contributed by atoms with Gasteiger partial charge in [0.05, 0.1) is 5.56 Å². The summed E-state index contributed by atoms with van der Waals surface area (Å²) < 4.78 is 13.6. The van der Waals surface area contributed by atoms with E-state index < -0.39 is 11.7 Å². The molecule has 3 nitrogen and oxygen atoms in total. The molecule has 2 N–H and O–H groups in total. The summed E-state index contributed by atoms with van der Waals surface area (Å²) in [5, 5.41) is 11.3. The van der Waals surface area contributed by atoms with Gasteiger partial charge in [-0.3, -0.25) is 4.79 Å². The predicted octanol–water partition coefficient (Wildman–Crippen LogP) is 2.04. The molecule has 0 heterocycles. The SMILES string of the molecule is CSC(C)(C)CNC(=O)c1cc(C#CCO)ccc1F.